The van der Waals surface area contributed by atoms with Gasteiger partial charge in [-0.3, -0.25) is 0 Å². The van der Waals surface area contributed by atoms with Crippen LogP contribution in [0.1, 0.15) is 30.1 Å². The largest absolute Gasteiger partial charge is 0.343 e. The Labute approximate surface area is 106 Å². The summed E-state index contributed by atoms with van der Waals surface area (Å²) in [5.74, 6) is 1.51. The second-order valence-corrected chi connectivity index (χ2v) is 4.83. The Bertz CT molecular complexity index is 463. The molecule has 0 unspecified atom stereocenters. The van der Waals surface area contributed by atoms with Gasteiger partial charge in [-0.1, -0.05) is 35.5 Å². The average Bonchev–Trinajstić information content (AvgIpc) is 2.86. The minimum atomic E-state index is 0.641. The first-order chi connectivity index (χ1) is 8.92. The van der Waals surface area contributed by atoms with Gasteiger partial charge in [-0.25, -0.2) is 0 Å². The van der Waals surface area contributed by atoms with E-state index in [0.29, 0.717) is 6.04 Å². The highest BCUT2D eigenvalue weighted by Crippen LogP contribution is 2.36. The van der Waals surface area contributed by atoms with Crippen LogP contribution in [0, 0.1) is 0 Å². The molecule has 0 amide bonds. The molecule has 1 aliphatic rings. The number of hydrogen-bond acceptors (Lipinski definition) is 4. The first-order valence-electron chi connectivity index (χ1n) is 6.45. The summed E-state index contributed by atoms with van der Waals surface area (Å²) in [6.45, 7) is 0.922. The molecule has 0 spiro atoms. The molecule has 0 radical (unpaired) electrons. The van der Waals surface area contributed by atoms with Crippen molar-refractivity contribution in [3.8, 4) is 0 Å². The van der Waals surface area contributed by atoms with E-state index in [4.69, 9.17) is 4.52 Å². The molecular weight excluding hydrogens is 226 g/mol. The number of aromatic nitrogens is 2. The zero-order valence-corrected chi connectivity index (χ0v) is 10.2. The molecule has 1 N–H and O–H groups in total. The Kier molecular flexibility index (Phi) is 3.37. The van der Waals surface area contributed by atoms with E-state index in [-0.39, 0.29) is 0 Å². The van der Waals surface area contributed by atoms with Gasteiger partial charge in [-0.15, -0.1) is 0 Å². The highest BCUT2D eigenvalue weighted by atomic mass is 16.5. The van der Waals surface area contributed by atoms with Crippen molar-refractivity contribution in [1.29, 1.82) is 0 Å². The molecule has 1 heterocycles. The van der Waals surface area contributed by atoms with Crippen molar-refractivity contribution in [2.75, 3.05) is 6.54 Å². The van der Waals surface area contributed by atoms with Gasteiger partial charge in [0.25, 0.3) is 0 Å². The van der Waals surface area contributed by atoms with Crippen LogP contribution in [0.5, 0.6) is 0 Å². The number of hydrogen-bond donors (Lipinski definition) is 1. The molecule has 0 saturated heterocycles. The topological polar surface area (TPSA) is 51.0 Å². The summed E-state index contributed by atoms with van der Waals surface area (Å²) in [5, 5.41) is 7.33. The van der Waals surface area contributed by atoms with Crippen molar-refractivity contribution < 1.29 is 4.52 Å². The molecule has 1 fully saturated rings. The van der Waals surface area contributed by atoms with Crippen molar-refractivity contribution in [2.24, 2.45) is 0 Å². The van der Waals surface area contributed by atoms with Gasteiger partial charge in [0.1, 0.15) is 0 Å². The number of rotatable bonds is 5. The molecule has 1 aromatic carbocycles. The lowest BCUT2D eigenvalue weighted by Crippen LogP contribution is -2.41. The van der Waals surface area contributed by atoms with Crippen molar-refractivity contribution in [1.82, 2.24) is 15.5 Å². The summed E-state index contributed by atoms with van der Waals surface area (Å²) < 4.78 is 4.70. The van der Waals surface area contributed by atoms with Gasteiger partial charge in [0, 0.05) is 19.0 Å². The summed E-state index contributed by atoms with van der Waals surface area (Å²) >= 11 is 0. The van der Waals surface area contributed by atoms with Crippen LogP contribution in [0.4, 0.5) is 0 Å². The van der Waals surface area contributed by atoms with Gasteiger partial charge in [0.15, 0.2) is 5.82 Å². The first-order valence-corrected chi connectivity index (χ1v) is 6.45. The predicted molar refractivity (Wildman–Crippen MR) is 68.2 cm³/mol. The van der Waals surface area contributed by atoms with Gasteiger partial charge in [0.2, 0.25) is 6.39 Å². The monoisotopic (exact) mass is 243 g/mol. The Hall–Kier alpha value is -1.68. The molecule has 2 aromatic rings. The second-order valence-electron chi connectivity index (χ2n) is 4.83. The second kappa shape index (κ2) is 5.31. The van der Waals surface area contributed by atoms with Gasteiger partial charge < -0.3 is 9.84 Å². The molecule has 1 aliphatic carbocycles. The minimum Gasteiger partial charge on any atom is -0.343 e. The average molecular weight is 243 g/mol. The van der Waals surface area contributed by atoms with Crippen LogP contribution >= 0.6 is 0 Å². The molecule has 0 aliphatic heterocycles. The minimum absolute atomic E-state index is 0.641. The molecule has 94 valence electrons. The van der Waals surface area contributed by atoms with E-state index in [1.165, 1.54) is 24.8 Å². The lowest BCUT2D eigenvalue weighted by atomic mass is 9.76. The van der Waals surface area contributed by atoms with Crippen LogP contribution in [-0.4, -0.2) is 22.7 Å². The van der Waals surface area contributed by atoms with Crippen LogP contribution < -0.4 is 5.32 Å². The normalized spacial score (nSPS) is 22.7. The number of nitrogens with zero attached hydrogens (tertiary/aromatic N) is 2. The van der Waals surface area contributed by atoms with Gasteiger partial charge in [-0.05, 0) is 24.3 Å². The number of nitrogens with one attached hydrogen (secondary N) is 1. The van der Waals surface area contributed by atoms with E-state index >= 15 is 0 Å². The third kappa shape index (κ3) is 2.59. The van der Waals surface area contributed by atoms with E-state index in [0.717, 1.165) is 24.7 Å². The van der Waals surface area contributed by atoms with Crippen molar-refractivity contribution in [3.05, 3.63) is 48.1 Å². The van der Waals surface area contributed by atoms with E-state index in [2.05, 4.69) is 45.8 Å². The smallest absolute Gasteiger partial charge is 0.213 e. The molecule has 3 rings (SSSR count). The fourth-order valence-corrected chi connectivity index (χ4v) is 2.47. The molecule has 4 heteroatoms. The fourth-order valence-electron chi connectivity index (χ4n) is 2.47. The maximum atomic E-state index is 4.70. The molecule has 1 aromatic heterocycles. The quantitative estimate of drug-likeness (QED) is 0.874. The Balaban J connectivity index is 1.38. The summed E-state index contributed by atoms with van der Waals surface area (Å²) in [7, 11) is 0. The summed E-state index contributed by atoms with van der Waals surface area (Å²) in [4.78, 5) is 4.00. The maximum Gasteiger partial charge on any atom is 0.213 e. The lowest BCUT2D eigenvalue weighted by Gasteiger charge is -2.36. The summed E-state index contributed by atoms with van der Waals surface area (Å²) in [6.07, 6.45) is 4.68. The lowest BCUT2D eigenvalue weighted by molar-refractivity contribution is 0.291. The molecule has 18 heavy (non-hydrogen) atoms. The summed E-state index contributed by atoms with van der Waals surface area (Å²) in [5.41, 5.74) is 1.47. The van der Waals surface area contributed by atoms with Crippen molar-refractivity contribution in [3.63, 3.8) is 0 Å². The van der Waals surface area contributed by atoms with Crippen LogP contribution in [-0.2, 0) is 6.42 Å². The van der Waals surface area contributed by atoms with Gasteiger partial charge in [-0.2, -0.15) is 4.98 Å². The molecule has 0 atom stereocenters. The molecule has 1 saturated carbocycles. The Morgan fingerprint density at radius 2 is 2.06 bits per heavy atom. The fraction of sp³-hybridized carbons (Fsp3) is 0.429. The van der Waals surface area contributed by atoms with Crippen molar-refractivity contribution >= 4 is 0 Å². The van der Waals surface area contributed by atoms with Crippen molar-refractivity contribution in [2.45, 2.75) is 31.2 Å². The van der Waals surface area contributed by atoms with E-state index in [1.54, 1.807) is 0 Å². The molecular formula is C14H17N3O. The van der Waals surface area contributed by atoms with Crippen LogP contribution in [0.2, 0.25) is 0 Å². The number of benzene rings is 1. The van der Waals surface area contributed by atoms with Crippen LogP contribution in [0.15, 0.2) is 41.2 Å². The van der Waals surface area contributed by atoms with Gasteiger partial charge >= 0.3 is 0 Å². The predicted octanol–water partition coefficient (Wildman–Crippen LogP) is 2.15. The zero-order chi connectivity index (χ0) is 12.2. The van der Waals surface area contributed by atoms with Gasteiger partial charge in [0.05, 0.1) is 0 Å². The third-order valence-electron chi connectivity index (χ3n) is 3.60. The Morgan fingerprint density at radius 3 is 2.78 bits per heavy atom. The SMILES string of the molecule is c1ccc(C2CC(NCCc3ncon3)C2)cc1. The van der Waals surface area contributed by atoms with Crippen LogP contribution in [0.25, 0.3) is 0 Å². The van der Waals surface area contributed by atoms with Crippen LogP contribution in [0.3, 0.4) is 0 Å². The first kappa shape index (κ1) is 11.4. The Morgan fingerprint density at radius 1 is 1.22 bits per heavy atom. The highest BCUT2D eigenvalue weighted by Gasteiger charge is 2.29. The summed E-state index contributed by atoms with van der Waals surface area (Å²) in [6, 6.07) is 11.4. The van der Waals surface area contributed by atoms with E-state index in [9.17, 15) is 0 Å². The van der Waals surface area contributed by atoms with E-state index in [1.807, 2.05) is 0 Å². The highest BCUT2D eigenvalue weighted by molar-refractivity contribution is 5.22. The maximum absolute atomic E-state index is 4.70. The standard InChI is InChI=1S/C14H17N3O/c1-2-4-11(5-3-1)12-8-13(9-12)15-7-6-14-16-10-18-17-14/h1-5,10,12-13,15H,6-9H2. The molecule has 0 bridgehead atoms. The molecule has 4 nitrogen and oxygen atoms in total. The third-order valence-corrected chi connectivity index (χ3v) is 3.60. The zero-order valence-electron chi connectivity index (χ0n) is 10.2. The van der Waals surface area contributed by atoms with E-state index < -0.39 is 0 Å².